The number of aliphatic imine (C=N–C) groups is 1. The van der Waals surface area contributed by atoms with Crippen molar-refractivity contribution in [2.45, 2.75) is 57.9 Å². The molecule has 0 unspecified atom stereocenters. The van der Waals surface area contributed by atoms with Crippen LogP contribution in [0.25, 0.3) is 0 Å². The van der Waals surface area contributed by atoms with Gasteiger partial charge in [0.25, 0.3) is 0 Å². The van der Waals surface area contributed by atoms with E-state index in [0.29, 0.717) is 18.1 Å². The van der Waals surface area contributed by atoms with Gasteiger partial charge in [0.2, 0.25) is 11.8 Å². The van der Waals surface area contributed by atoms with E-state index >= 15 is 0 Å². The topological polar surface area (TPSA) is 141 Å². The minimum Gasteiger partial charge on any atom is -0.443 e. The van der Waals surface area contributed by atoms with Crippen LogP contribution < -0.4 is 16.4 Å². The molecule has 1 saturated carbocycles. The molecule has 0 spiro atoms. The van der Waals surface area contributed by atoms with Crippen molar-refractivity contribution in [3.8, 4) is 0 Å². The third-order valence-electron chi connectivity index (χ3n) is 7.58. The fourth-order valence-corrected chi connectivity index (χ4v) is 5.15. The Morgan fingerprint density at radius 3 is 2.43 bits per heavy atom. The first kappa shape index (κ1) is 32.4. The van der Waals surface area contributed by atoms with Gasteiger partial charge in [-0.25, -0.2) is 4.79 Å². The lowest BCUT2D eigenvalue weighted by molar-refractivity contribution is -0.130. The number of nitrogens with two attached hydrogens (primary N) is 1. The molecule has 1 aliphatic carbocycles. The van der Waals surface area contributed by atoms with Crippen LogP contribution in [0, 0.1) is 5.92 Å². The van der Waals surface area contributed by atoms with Gasteiger partial charge in [-0.05, 0) is 54.4 Å². The summed E-state index contributed by atoms with van der Waals surface area (Å²) >= 11 is 0. The van der Waals surface area contributed by atoms with Gasteiger partial charge in [-0.1, -0.05) is 78.9 Å². The molecular formula is C34H40N4O6. The normalized spacial score (nSPS) is 17.1. The highest BCUT2D eigenvalue weighted by Gasteiger charge is 2.32. The zero-order valence-corrected chi connectivity index (χ0v) is 25.2. The van der Waals surface area contributed by atoms with E-state index in [4.69, 9.17) is 19.9 Å². The van der Waals surface area contributed by atoms with E-state index in [9.17, 15) is 14.4 Å². The fourth-order valence-electron chi connectivity index (χ4n) is 5.15. The molecule has 0 aromatic heterocycles. The number of amides is 3. The summed E-state index contributed by atoms with van der Waals surface area (Å²) in [6, 6.07) is 23.9. The summed E-state index contributed by atoms with van der Waals surface area (Å²) in [5.41, 5.74) is 10.5. The van der Waals surface area contributed by atoms with Crippen molar-refractivity contribution in [1.29, 1.82) is 0 Å². The van der Waals surface area contributed by atoms with Crippen molar-refractivity contribution in [1.82, 2.24) is 10.6 Å². The first-order valence-electron chi connectivity index (χ1n) is 14.7. The number of benzene rings is 3. The lowest BCUT2D eigenvalue weighted by atomic mass is 9.94. The zero-order chi connectivity index (χ0) is 31.3. The Balaban J connectivity index is 1.19. The molecule has 0 heterocycles. The molecule has 1 fully saturated rings. The van der Waals surface area contributed by atoms with Crippen LogP contribution in [-0.4, -0.2) is 43.7 Å². The number of ether oxygens (including phenoxy) is 3. The molecule has 0 bridgehead atoms. The molecule has 1 aliphatic rings. The smallest absolute Gasteiger partial charge is 0.435 e. The molecule has 3 atom stereocenters. The van der Waals surface area contributed by atoms with Gasteiger partial charge >= 0.3 is 6.09 Å². The SMILES string of the molecule is COCOCc1cccc([C@@H]2CC[C@@H](C(=O)N[C@@H](C)C(=O)NCc3ccc(C(N)=NC(=O)OCc4ccccc4)cc3)C2)c1. The molecule has 10 heteroatoms. The molecule has 232 valence electrons. The largest absolute Gasteiger partial charge is 0.443 e. The zero-order valence-electron chi connectivity index (χ0n) is 25.2. The maximum absolute atomic E-state index is 13.0. The molecule has 3 aromatic carbocycles. The fraction of sp³-hybridized carbons (Fsp3) is 0.353. The first-order chi connectivity index (χ1) is 21.3. The molecular weight excluding hydrogens is 560 g/mol. The Kier molecular flexibility index (Phi) is 12.0. The second-order valence-electron chi connectivity index (χ2n) is 10.9. The van der Waals surface area contributed by atoms with Crippen LogP contribution in [0.2, 0.25) is 0 Å². The highest BCUT2D eigenvalue weighted by Crippen LogP contribution is 2.38. The van der Waals surface area contributed by atoms with E-state index in [2.05, 4.69) is 27.8 Å². The maximum Gasteiger partial charge on any atom is 0.435 e. The van der Waals surface area contributed by atoms with Crippen molar-refractivity contribution in [2.24, 2.45) is 16.6 Å². The molecule has 4 N–H and O–H groups in total. The van der Waals surface area contributed by atoms with Gasteiger partial charge in [0, 0.05) is 25.1 Å². The molecule has 0 aliphatic heterocycles. The summed E-state index contributed by atoms with van der Waals surface area (Å²) in [6.45, 7) is 2.78. The van der Waals surface area contributed by atoms with Gasteiger partial charge in [-0.15, -0.1) is 0 Å². The summed E-state index contributed by atoms with van der Waals surface area (Å²) < 4.78 is 15.5. The lowest BCUT2D eigenvalue weighted by Gasteiger charge is -2.17. The van der Waals surface area contributed by atoms with Crippen molar-refractivity contribution in [3.05, 3.63) is 107 Å². The van der Waals surface area contributed by atoms with Crippen LogP contribution in [0.1, 0.15) is 59.9 Å². The van der Waals surface area contributed by atoms with Gasteiger partial charge in [0.1, 0.15) is 25.3 Å². The number of amidine groups is 1. The predicted octanol–water partition coefficient (Wildman–Crippen LogP) is 4.55. The Labute approximate surface area is 258 Å². The summed E-state index contributed by atoms with van der Waals surface area (Å²) in [5, 5.41) is 5.74. The van der Waals surface area contributed by atoms with Crippen LogP contribution >= 0.6 is 0 Å². The van der Waals surface area contributed by atoms with Gasteiger partial charge in [0.05, 0.1) is 6.61 Å². The van der Waals surface area contributed by atoms with Crippen molar-refractivity contribution in [3.63, 3.8) is 0 Å². The molecule has 0 radical (unpaired) electrons. The third kappa shape index (κ3) is 9.75. The highest BCUT2D eigenvalue weighted by atomic mass is 16.7. The van der Waals surface area contributed by atoms with E-state index in [0.717, 1.165) is 36.0 Å². The summed E-state index contributed by atoms with van der Waals surface area (Å²) in [7, 11) is 1.59. The van der Waals surface area contributed by atoms with Crippen LogP contribution in [-0.2, 0) is 43.6 Å². The predicted molar refractivity (Wildman–Crippen MR) is 166 cm³/mol. The number of nitrogens with one attached hydrogen (secondary N) is 2. The van der Waals surface area contributed by atoms with Crippen molar-refractivity contribution >= 4 is 23.7 Å². The van der Waals surface area contributed by atoms with Crippen molar-refractivity contribution < 1.29 is 28.6 Å². The monoisotopic (exact) mass is 600 g/mol. The number of methoxy groups -OCH3 is 1. The average Bonchev–Trinajstić information content (AvgIpc) is 3.54. The summed E-state index contributed by atoms with van der Waals surface area (Å²) in [5.74, 6) is -0.190. The minimum absolute atomic E-state index is 0.0351. The standard InChI is InChI=1S/C34H40N4O6/c1-23(37-33(40)30-16-15-29(18-30)28-10-6-9-26(17-28)20-43-22-42-2)32(39)36-19-24-11-13-27(14-12-24)31(35)38-34(41)44-21-25-7-4-3-5-8-25/h3-14,17,23,29-30H,15-16,18-22H2,1-2H3,(H,36,39)(H,37,40)(H2,35,38,41)/t23-,29+,30+/m0/s1. The van der Waals surface area contributed by atoms with Crippen LogP contribution in [0.3, 0.4) is 0 Å². The second kappa shape index (κ2) is 16.3. The van der Waals surface area contributed by atoms with Crippen LogP contribution in [0.4, 0.5) is 4.79 Å². The van der Waals surface area contributed by atoms with Gasteiger partial charge < -0.3 is 30.6 Å². The maximum atomic E-state index is 13.0. The molecule has 4 rings (SSSR count). The van der Waals surface area contributed by atoms with E-state index in [1.54, 1.807) is 38.3 Å². The molecule has 3 amide bonds. The summed E-state index contributed by atoms with van der Waals surface area (Å²) in [6.07, 6.45) is 1.66. The number of hydrogen-bond donors (Lipinski definition) is 3. The number of rotatable bonds is 13. The first-order valence-corrected chi connectivity index (χ1v) is 14.7. The molecule has 44 heavy (non-hydrogen) atoms. The minimum atomic E-state index is -0.773. The Bertz CT molecular complexity index is 1430. The third-order valence-corrected chi connectivity index (χ3v) is 7.58. The molecule has 3 aromatic rings. The second-order valence-corrected chi connectivity index (χ2v) is 10.9. The molecule has 0 saturated heterocycles. The van der Waals surface area contributed by atoms with Gasteiger partial charge in [-0.2, -0.15) is 4.99 Å². The van der Waals surface area contributed by atoms with E-state index < -0.39 is 12.1 Å². The van der Waals surface area contributed by atoms with E-state index in [1.165, 1.54) is 5.56 Å². The van der Waals surface area contributed by atoms with E-state index in [1.807, 2.05) is 42.5 Å². The average molecular weight is 601 g/mol. The van der Waals surface area contributed by atoms with Gasteiger partial charge in [-0.3, -0.25) is 9.59 Å². The summed E-state index contributed by atoms with van der Waals surface area (Å²) in [4.78, 5) is 41.5. The Morgan fingerprint density at radius 2 is 1.68 bits per heavy atom. The number of carbonyl (C=O) groups excluding carboxylic acids is 3. The van der Waals surface area contributed by atoms with Crippen LogP contribution in [0.15, 0.2) is 83.9 Å². The highest BCUT2D eigenvalue weighted by molar-refractivity contribution is 6.02. The quantitative estimate of drug-likeness (QED) is 0.113. The Hall–Kier alpha value is -4.54. The Morgan fingerprint density at radius 1 is 0.932 bits per heavy atom. The molecule has 10 nitrogen and oxygen atoms in total. The van der Waals surface area contributed by atoms with E-state index in [-0.39, 0.29) is 43.5 Å². The number of nitrogens with zero attached hydrogens (tertiary/aromatic N) is 1. The number of carbonyl (C=O) groups is 3. The van der Waals surface area contributed by atoms with Gasteiger partial charge in [0.15, 0.2) is 0 Å². The lowest BCUT2D eigenvalue weighted by Crippen LogP contribution is -2.46. The number of hydrogen-bond acceptors (Lipinski definition) is 6. The van der Waals surface area contributed by atoms with Crippen LogP contribution in [0.5, 0.6) is 0 Å². The van der Waals surface area contributed by atoms with Crippen molar-refractivity contribution in [2.75, 3.05) is 13.9 Å².